The third-order valence-corrected chi connectivity index (χ3v) is 4.01. The Hall–Kier alpha value is -1.03. The molecular formula is C15H27N3S. The molecule has 0 bridgehead atoms. The van der Waals surface area contributed by atoms with E-state index in [0.717, 1.165) is 18.9 Å². The fourth-order valence-electron chi connectivity index (χ4n) is 1.96. The summed E-state index contributed by atoms with van der Waals surface area (Å²) in [5.41, 5.74) is 0. The van der Waals surface area contributed by atoms with Crippen LogP contribution in [0.3, 0.4) is 0 Å². The number of thiophene rings is 1. The zero-order valence-electron chi connectivity index (χ0n) is 12.6. The van der Waals surface area contributed by atoms with E-state index in [2.05, 4.69) is 48.5 Å². The Labute approximate surface area is 121 Å². The van der Waals surface area contributed by atoms with Gasteiger partial charge in [-0.15, -0.1) is 11.3 Å². The minimum absolute atomic E-state index is 0.399. The third kappa shape index (κ3) is 6.62. The average Bonchev–Trinajstić information content (AvgIpc) is 2.78. The van der Waals surface area contributed by atoms with E-state index in [9.17, 15) is 0 Å². The standard InChI is InChI=1S/C15H27N3S/c1-5-6-7-10-17-15(16-4)18-12(2)11-14-9-8-13(3)19-14/h8-9,12H,5-7,10-11H2,1-4H3,(H2,16,17,18). The molecular weight excluding hydrogens is 254 g/mol. The SMILES string of the molecule is CCCCCNC(=NC)NC(C)Cc1ccc(C)s1. The van der Waals surface area contributed by atoms with Gasteiger partial charge in [0.05, 0.1) is 0 Å². The molecule has 4 heteroatoms. The lowest BCUT2D eigenvalue weighted by molar-refractivity contribution is 0.631. The monoisotopic (exact) mass is 281 g/mol. The van der Waals surface area contributed by atoms with Gasteiger partial charge >= 0.3 is 0 Å². The van der Waals surface area contributed by atoms with E-state index in [-0.39, 0.29) is 0 Å². The van der Waals surface area contributed by atoms with Crippen LogP contribution in [-0.4, -0.2) is 25.6 Å². The van der Waals surface area contributed by atoms with Crippen molar-refractivity contribution in [3.8, 4) is 0 Å². The highest BCUT2D eigenvalue weighted by atomic mass is 32.1. The fourth-order valence-corrected chi connectivity index (χ4v) is 2.98. The molecule has 0 aliphatic rings. The molecule has 0 saturated carbocycles. The van der Waals surface area contributed by atoms with Gasteiger partial charge in [0.2, 0.25) is 0 Å². The fraction of sp³-hybridized carbons (Fsp3) is 0.667. The number of nitrogens with one attached hydrogen (secondary N) is 2. The first-order valence-corrected chi connectivity index (χ1v) is 7.99. The summed E-state index contributed by atoms with van der Waals surface area (Å²) in [5.74, 6) is 0.914. The van der Waals surface area contributed by atoms with Gasteiger partial charge < -0.3 is 10.6 Å². The van der Waals surface area contributed by atoms with Crippen LogP contribution < -0.4 is 10.6 Å². The summed E-state index contributed by atoms with van der Waals surface area (Å²) in [5, 5.41) is 6.82. The smallest absolute Gasteiger partial charge is 0.191 e. The second-order valence-corrected chi connectivity index (χ2v) is 6.34. The zero-order valence-corrected chi connectivity index (χ0v) is 13.4. The first kappa shape index (κ1) is 16.0. The number of hydrogen-bond donors (Lipinski definition) is 2. The Balaban J connectivity index is 2.30. The van der Waals surface area contributed by atoms with Gasteiger partial charge in [-0.05, 0) is 32.4 Å². The van der Waals surface area contributed by atoms with Crippen LogP contribution in [0.15, 0.2) is 17.1 Å². The maximum absolute atomic E-state index is 4.27. The lowest BCUT2D eigenvalue weighted by Crippen LogP contribution is -2.43. The van der Waals surface area contributed by atoms with E-state index >= 15 is 0 Å². The molecule has 2 N–H and O–H groups in total. The van der Waals surface area contributed by atoms with Gasteiger partial charge in [-0.3, -0.25) is 4.99 Å². The number of nitrogens with zero attached hydrogens (tertiary/aromatic N) is 1. The van der Waals surface area contributed by atoms with Crippen LogP contribution in [0.4, 0.5) is 0 Å². The summed E-state index contributed by atoms with van der Waals surface area (Å²) in [7, 11) is 1.83. The molecule has 1 aromatic heterocycles. The number of hydrogen-bond acceptors (Lipinski definition) is 2. The summed E-state index contributed by atoms with van der Waals surface area (Å²) in [6, 6.07) is 4.80. The molecule has 19 heavy (non-hydrogen) atoms. The summed E-state index contributed by atoms with van der Waals surface area (Å²) in [6.07, 6.45) is 4.78. The molecule has 0 amide bonds. The maximum atomic E-state index is 4.27. The second kappa shape index (κ2) is 8.97. The summed E-state index contributed by atoms with van der Waals surface area (Å²) >= 11 is 1.87. The van der Waals surface area contributed by atoms with E-state index in [1.165, 1.54) is 29.0 Å². The topological polar surface area (TPSA) is 36.4 Å². The Bertz CT molecular complexity index is 384. The van der Waals surface area contributed by atoms with E-state index in [4.69, 9.17) is 0 Å². The molecule has 3 nitrogen and oxygen atoms in total. The van der Waals surface area contributed by atoms with E-state index in [1.807, 2.05) is 18.4 Å². The number of unbranched alkanes of at least 4 members (excludes halogenated alkanes) is 2. The van der Waals surface area contributed by atoms with Crippen molar-refractivity contribution >= 4 is 17.3 Å². The number of guanidine groups is 1. The molecule has 0 aromatic carbocycles. The Morgan fingerprint density at radius 2 is 2.16 bits per heavy atom. The number of aryl methyl sites for hydroxylation is 1. The molecule has 0 fully saturated rings. The molecule has 1 atom stereocenters. The predicted octanol–water partition coefficient (Wildman–Crippen LogP) is 3.34. The molecule has 0 radical (unpaired) electrons. The zero-order chi connectivity index (χ0) is 14.1. The quantitative estimate of drug-likeness (QED) is 0.457. The highest BCUT2D eigenvalue weighted by molar-refractivity contribution is 7.11. The minimum Gasteiger partial charge on any atom is -0.356 e. The van der Waals surface area contributed by atoms with Gasteiger partial charge in [-0.25, -0.2) is 0 Å². The largest absolute Gasteiger partial charge is 0.356 e. The molecule has 0 aliphatic carbocycles. The van der Waals surface area contributed by atoms with Crippen LogP contribution in [0, 0.1) is 6.92 Å². The lowest BCUT2D eigenvalue weighted by Gasteiger charge is -2.17. The van der Waals surface area contributed by atoms with Crippen molar-refractivity contribution in [1.82, 2.24) is 10.6 Å². The van der Waals surface area contributed by atoms with Crippen LogP contribution in [0.5, 0.6) is 0 Å². The van der Waals surface area contributed by atoms with Crippen molar-refractivity contribution in [3.63, 3.8) is 0 Å². The second-order valence-electron chi connectivity index (χ2n) is 4.97. The highest BCUT2D eigenvalue weighted by Gasteiger charge is 2.07. The van der Waals surface area contributed by atoms with Gasteiger partial charge in [-0.1, -0.05) is 19.8 Å². The molecule has 0 saturated heterocycles. The average molecular weight is 281 g/mol. The number of rotatable bonds is 7. The van der Waals surface area contributed by atoms with E-state index in [0.29, 0.717) is 6.04 Å². The van der Waals surface area contributed by atoms with Crippen LogP contribution in [0.2, 0.25) is 0 Å². The van der Waals surface area contributed by atoms with Crippen LogP contribution >= 0.6 is 11.3 Å². The Morgan fingerprint density at radius 1 is 1.37 bits per heavy atom. The number of aliphatic imine (C=N–C) groups is 1. The summed E-state index contributed by atoms with van der Waals surface area (Å²) in [6.45, 7) is 7.57. The third-order valence-electron chi connectivity index (χ3n) is 2.98. The highest BCUT2D eigenvalue weighted by Crippen LogP contribution is 2.16. The molecule has 1 unspecified atom stereocenters. The van der Waals surface area contributed by atoms with Crippen LogP contribution in [-0.2, 0) is 6.42 Å². The van der Waals surface area contributed by atoms with Crippen molar-refractivity contribution in [2.45, 2.75) is 52.5 Å². The molecule has 0 aliphatic heterocycles. The van der Waals surface area contributed by atoms with Gasteiger partial charge in [0.1, 0.15) is 0 Å². The summed E-state index contributed by atoms with van der Waals surface area (Å²) in [4.78, 5) is 7.08. The van der Waals surface area contributed by atoms with Gasteiger partial charge in [-0.2, -0.15) is 0 Å². The van der Waals surface area contributed by atoms with Crippen LogP contribution in [0.1, 0.15) is 42.9 Å². The van der Waals surface area contributed by atoms with Crippen molar-refractivity contribution in [3.05, 3.63) is 21.9 Å². The van der Waals surface area contributed by atoms with Crippen molar-refractivity contribution in [2.24, 2.45) is 4.99 Å². The van der Waals surface area contributed by atoms with Crippen LogP contribution in [0.25, 0.3) is 0 Å². The molecule has 1 heterocycles. The summed E-state index contributed by atoms with van der Waals surface area (Å²) < 4.78 is 0. The Morgan fingerprint density at radius 3 is 2.74 bits per heavy atom. The van der Waals surface area contributed by atoms with Crippen molar-refractivity contribution in [1.29, 1.82) is 0 Å². The lowest BCUT2D eigenvalue weighted by atomic mass is 10.2. The molecule has 108 valence electrons. The Kier molecular flexibility index (Phi) is 7.56. The van der Waals surface area contributed by atoms with Crippen molar-refractivity contribution in [2.75, 3.05) is 13.6 Å². The van der Waals surface area contributed by atoms with E-state index < -0.39 is 0 Å². The molecule has 0 spiro atoms. The van der Waals surface area contributed by atoms with Gasteiger partial charge in [0.15, 0.2) is 5.96 Å². The maximum Gasteiger partial charge on any atom is 0.191 e. The predicted molar refractivity (Wildman–Crippen MR) is 86.2 cm³/mol. The van der Waals surface area contributed by atoms with Crippen molar-refractivity contribution < 1.29 is 0 Å². The molecule has 1 rings (SSSR count). The van der Waals surface area contributed by atoms with Gasteiger partial charge in [0, 0.05) is 35.8 Å². The minimum atomic E-state index is 0.399. The first-order valence-electron chi connectivity index (χ1n) is 7.18. The van der Waals surface area contributed by atoms with Gasteiger partial charge in [0.25, 0.3) is 0 Å². The molecule has 1 aromatic rings. The van der Waals surface area contributed by atoms with E-state index in [1.54, 1.807) is 0 Å². The normalized spacial score (nSPS) is 13.4. The first-order chi connectivity index (χ1) is 9.15.